The molecule has 2 bridgehead atoms. The Labute approximate surface area is 157 Å². The van der Waals surface area contributed by atoms with E-state index >= 15 is 0 Å². The lowest BCUT2D eigenvalue weighted by Crippen LogP contribution is -2.43. The highest BCUT2D eigenvalue weighted by Gasteiger charge is 2.41. The number of nitrogens with zero attached hydrogens (tertiary/aromatic N) is 5. The van der Waals surface area contributed by atoms with Crippen molar-refractivity contribution in [2.24, 2.45) is 5.92 Å². The first-order chi connectivity index (χ1) is 13.0. The predicted molar refractivity (Wildman–Crippen MR) is 98.8 cm³/mol. The van der Waals surface area contributed by atoms with E-state index < -0.39 is 0 Å². The van der Waals surface area contributed by atoms with Crippen molar-refractivity contribution in [2.45, 2.75) is 58.3 Å². The number of amides is 1. The number of pyridine rings is 1. The first kappa shape index (κ1) is 17.8. The van der Waals surface area contributed by atoms with E-state index in [-0.39, 0.29) is 23.7 Å². The third-order valence-electron chi connectivity index (χ3n) is 5.40. The molecule has 144 valence electrons. The van der Waals surface area contributed by atoms with Crippen molar-refractivity contribution in [3.05, 3.63) is 40.2 Å². The highest BCUT2D eigenvalue weighted by Crippen LogP contribution is 2.32. The highest BCUT2D eigenvalue weighted by molar-refractivity contribution is 5.94. The summed E-state index contributed by atoms with van der Waals surface area (Å²) in [4.78, 5) is 31.9. The molecule has 0 spiro atoms. The van der Waals surface area contributed by atoms with Gasteiger partial charge in [-0.05, 0) is 24.8 Å². The van der Waals surface area contributed by atoms with Crippen LogP contribution in [0.25, 0.3) is 0 Å². The fourth-order valence-electron chi connectivity index (χ4n) is 4.16. The van der Waals surface area contributed by atoms with Crippen LogP contribution in [0.1, 0.15) is 42.9 Å². The quantitative estimate of drug-likeness (QED) is 0.810. The van der Waals surface area contributed by atoms with E-state index in [0.29, 0.717) is 36.9 Å². The van der Waals surface area contributed by atoms with Crippen molar-refractivity contribution in [1.82, 2.24) is 24.2 Å². The molecule has 1 saturated heterocycles. The molecule has 2 unspecified atom stereocenters. The minimum absolute atomic E-state index is 0.0141. The molecule has 8 nitrogen and oxygen atoms in total. The minimum Gasteiger partial charge on any atom is -0.481 e. The molecule has 4 rings (SSSR count). The van der Waals surface area contributed by atoms with Gasteiger partial charge in [-0.25, -0.2) is 14.5 Å². The largest absolute Gasteiger partial charge is 0.481 e. The number of hydrogen-bond acceptors (Lipinski definition) is 5. The first-order valence-corrected chi connectivity index (χ1v) is 9.47. The standard InChI is InChI=1S/C19H25N5O3/c1-12(2)10-23-19(26)22-11-15-6-5-14(8-16(22)21-23)24(15)18(25)13-4-7-17(27-3)20-9-13/h4,7,9,12,14-15H,5-6,8,10-11H2,1-3H3. The summed E-state index contributed by atoms with van der Waals surface area (Å²) >= 11 is 0. The predicted octanol–water partition coefficient (Wildman–Crippen LogP) is 1.33. The van der Waals surface area contributed by atoms with Crippen LogP contribution in [0, 0.1) is 5.92 Å². The molecule has 0 radical (unpaired) electrons. The Morgan fingerprint density at radius 3 is 2.74 bits per heavy atom. The average molecular weight is 371 g/mol. The fourth-order valence-corrected chi connectivity index (χ4v) is 4.16. The Hall–Kier alpha value is -2.64. The lowest BCUT2D eigenvalue weighted by atomic mass is 10.1. The summed E-state index contributed by atoms with van der Waals surface area (Å²) in [6, 6.07) is 3.52. The van der Waals surface area contributed by atoms with Crippen molar-refractivity contribution in [3.63, 3.8) is 0 Å². The second-order valence-electron chi connectivity index (χ2n) is 7.78. The molecule has 1 fully saturated rings. The molecular formula is C19H25N5O3. The van der Waals surface area contributed by atoms with Crippen LogP contribution in [-0.2, 0) is 19.5 Å². The summed E-state index contributed by atoms with van der Waals surface area (Å²) in [5, 5.41) is 4.56. The smallest absolute Gasteiger partial charge is 0.345 e. The molecule has 2 atom stereocenters. The summed E-state index contributed by atoms with van der Waals surface area (Å²) in [6.45, 7) is 5.28. The van der Waals surface area contributed by atoms with Gasteiger partial charge in [0.25, 0.3) is 5.91 Å². The van der Waals surface area contributed by atoms with Crippen molar-refractivity contribution < 1.29 is 9.53 Å². The van der Waals surface area contributed by atoms with E-state index in [2.05, 4.69) is 23.9 Å². The second kappa shape index (κ2) is 6.83. The Morgan fingerprint density at radius 1 is 1.30 bits per heavy atom. The minimum atomic E-state index is -0.0650. The number of aromatic nitrogens is 4. The molecule has 0 saturated carbocycles. The molecule has 8 heteroatoms. The van der Waals surface area contributed by atoms with Gasteiger partial charge in [0.1, 0.15) is 5.82 Å². The molecule has 2 aromatic rings. The molecule has 0 aliphatic carbocycles. The summed E-state index contributed by atoms with van der Waals surface area (Å²) in [5.74, 6) is 1.60. The van der Waals surface area contributed by atoms with Crippen molar-refractivity contribution in [1.29, 1.82) is 0 Å². The summed E-state index contributed by atoms with van der Waals surface area (Å²) in [6.07, 6.45) is 4.01. The molecule has 27 heavy (non-hydrogen) atoms. The topological polar surface area (TPSA) is 82.2 Å². The monoisotopic (exact) mass is 371 g/mol. The van der Waals surface area contributed by atoms with E-state index in [9.17, 15) is 9.59 Å². The van der Waals surface area contributed by atoms with Crippen molar-refractivity contribution in [2.75, 3.05) is 7.11 Å². The fraction of sp³-hybridized carbons (Fsp3) is 0.579. The van der Waals surface area contributed by atoms with Crippen LogP contribution >= 0.6 is 0 Å². The van der Waals surface area contributed by atoms with E-state index in [1.54, 1.807) is 34.7 Å². The Kier molecular flexibility index (Phi) is 4.49. The molecule has 4 heterocycles. The van der Waals surface area contributed by atoms with Crippen LogP contribution in [0.4, 0.5) is 0 Å². The zero-order valence-electron chi connectivity index (χ0n) is 16.0. The number of rotatable bonds is 4. The van der Waals surface area contributed by atoms with Gasteiger partial charge in [0.15, 0.2) is 0 Å². The van der Waals surface area contributed by atoms with Gasteiger partial charge in [-0.3, -0.25) is 9.36 Å². The van der Waals surface area contributed by atoms with Crippen LogP contribution in [0.15, 0.2) is 23.1 Å². The van der Waals surface area contributed by atoms with Gasteiger partial charge in [0.05, 0.1) is 18.7 Å². The maximum absolute atomic E-state index is 13.1. The van der Waals surface area contributed by atoms with Crippen LogP contribution in [0.5, 0.6) is 5.88 Å². The SMILES string of the molecule is COc1ccc(C(=O)N2C3CCC2Cn2c(nn(CC(C)C)c2=O)C3)cn1. The average Bonchev–Trinajstić information content (AvgIpc) is 3.10. The third-order valence-corrected chi connectivity index (χ3v) is 5.40. The Bertz CT molecular complexity index is 899. The van der Waals surface area contributed by atoms with Crippen LogP contribution in [0.3, 0.4) is 0 Å². The van der Waals surface area contributed by atoms with Gasteiger partial charge in [-0.2, -0.15) is 5.10 Å². The third kappa shape index (κ3) is 3.13. The van der Waals surface area contributed by atoms with Gasteiger partial charge in [-0.1, -0.05) is 13.8 Å². The normalized spacial score (nSPS) is 21.3. The summed E-state index contributed by atoms with van der Waals surface area (Å²) < 4.78 is 8.40. The maximum Gasteiger partial charge on any atom is 0.345 e. The number of ether oxygens (including phenoxy) is 1. The summed E-state index contributed by atoms with van der Waals surface area (Å²) in [7, 11) is 1.55. The lowest BCUT2D eigenvalue weighted by Gasteiger charge is -2.28. The number of hydrogen-bond donors (Lipinski definition) is 0. The maximum atomic E-state index is 13.1. The van der Waals surface area contributed by atoms with Crippen LogP contribution in [-0.4, -0.2) is 49.3 Å². The first-order valence-electron chi connectivity index (χ1n) is 9.47. The van der Waals surface area contributed by atoms with Crippen molar-refractivity contribution >= 4 is 5.91 Å². The number of carbonyl (C=O) groups is 1. The summed E-state index contributed by atoms with van der Waals surface area (Å²) in [5.41, 5.74) is 0.481. The number of methoxy groups -OCH3 is 1. The van der Waals surface area contributed by atoms with Gasteiger partial charge in [0.2, 0.25) is 5.88 Å². The molecule has 2 aliphatic rings. The second-order valence-corrected chi connectivity index (χ2v) is 7.78. The van der Waals surface area contributed by atoms with Gasteiger partial charge < -0.3 is 9.64 Å². The molecule has 0 aromatic carbocycles. The zero-order valence-corrected chi connectivity index (χ0v) is 16.0. The van der Waals surface area contributed by atoms with Crippen LogP contribution < -0.4 is 10.4 Å². The van der Waals surface area contributed by atoms with E-state index in [0.717, 1.165) is 18.7 Å². The zero-order chi connectivity index (χ0) is 19.1. The van der Waals surface area contributed by atoms with E-state index in [4.69, 9.17) is 4.74 Å². The molecule has 1 amide bonds. The molecular weight excluding hydrogens is 346 g/mol. The Morgan fingerprint density at radius 2 is 2.07 bits per heavy atom. The van der Waals surface area contributed by atoms with Gasteiger partial charge in [0, 0.05) is 37.8 Å². The van der Waals surface area contributed by atoms with E-state index in [1.807, 2.05) is 4.90 Å². The Balaban J connectivity index is 1.61. The van der Waals surface area contributed by atoms with Gasteiger partial charge in [-0.15, -0.1) is 0 Å². The highest BCUT2D eigenvalue weighted by atomic mass is 16.5. The van der Waals surface area contributed by atoms with Crippen molar-refractivity contribution in [3.8, 4) is 5.88 Å². The molecule has 0 N–H and O–H groups in total. The lowest BCUT2D eigenvalue weighted by molar-refractivity contribution is 0.0664. The molecule has 2 aromatic heterocycles. The number of fused-ring (bicyclic) bond motifs is 3. The van der Waals surface area contributed by atoms with E-state index in [1.165, 1.54) is 0 Å². The molecule has 2 aliphatic heterocycles. The van der Waals surface area contributed by atoms with Crippen LogP contribution in [0.2, 0.25) is 0 Å². The van der Waals surface area contributed by atoms with Gasteiger partial charge >= 0.3 is 5.69 Å². The number of carbonyl (C=O) groups excluding carboxylic acids is 1.